The topological polar surface area (TPSA) is 76.4 Å². The Kier molecular flexibility index (Phi) is 6.88. The fourth-order valence-corrected chi connectivity index (χ4v) is 6.80. The molecule has 1 saturated heterocycles. The minimum absolute atomic E-state index is 0.286. The Hall–Kier alpha value is -3.30. The Labute approximate surface area is 227 Å². The second kappa shape index (κ2) is 10.5. The van der Waals surface area contributed by atoms with Crippen molar-refractivity contribution in [2.24, 2.45) is 0 Å². The number of benzene rings is 1. The highest BCUT2D eigenvalue weighted by molar-refractivity contribution is 7.15. The number of ether oxygens (including phenoxy) is 1. The first-order valence-electron chi connectivity index (χ1n) is 13.5. The van der Waals surface area contributed by atoms with Crippen molar-refractivity contribution in [1.29, 1.82) is 0 Å². The first kappa shape index (κ1) is 25.0. The summed E-state index contributed by atoms with van der Waals surface area (Å²) in [5.74, 6) is -0.286. The van der Waals surface area contributed by atoms with Gasteiger partial charge < -0.3 is 4.74 Å². The van der Waals surface area contributed by atoms with Crippen LogP contribution in [0.4, 0.5) is 0 Å². The van der Waals surface area contributed by atoms with Gasteiger partial charge in [-0.3, -0.25) is 9.91 Å². The molecule has 0 bridgehead atoms. The molecular formula is C29H34N6O2S. The van der Waals surface area contributed by atoms with Crippen LogP contribution in [-0.2, 0) is 24.0 Å². The van der Waals surface area contributed by atoms with Crippen LogP contribution in [0.5, 0.6) is 0 Å². The Morgan fingerprint density at radius 2 is 1.87 bits per heavy atom. The van der Waals surface area contributed by atoms with Crippen LogP contribution in [0, 0.1) is 13.8 Å². The molecule has 8 nitrogen and oxygen atoms in total. The van der Waals surface area contributed by atoms with Gasteiger partial charge in [-0.1, -0.05) is 12.1 Å². The molecule has 6 rings (SSSR count). The van der Waals surface area contributed by atoms with E-state index in [1.54, 1.807) is 23.7 Å². The van der Waals surface area contributed by atoms with Gasteiger partial charge in [0.1, 0.15) is 22.7 Å². The molecule has 198 valence electrons. The highest BCUT2D eigenvalue weighted by Crippen LogP contribution is 2.46. The standard InChI is InChI=1S/C29H34N6O2S/c1-19-20(2)38-28(32-19)25-23-9-4-5-10-24(23)27-26(25)30-18-31-35(27)34-15-13-33(14-16-34)12-11-21-7-6-8-22(17-21)29(36)37-3/h6-8,17-18H,4-5,9-16H2,1-3H3. The third kappa shape index (κ3) is 4.58. The fraction of sp³-hybridized carbons (Fsp3) is 0.448. The lowest BCUT2D eigenvalue weighted by Gasteiger charge is -2.37. The van der Waals surface area contributed by atoms with Gasteiger partial charge in [-0.15, -0.1) is 16.4 Å². The Morgan fingerprint density at radius 1 is 1.08 bits per heavy atom. The van der Waals surface area contributed by atoms with Gasteiger partial charge >= 0.3 is 5.97 Å². The number of hydrogen-bond donors (Lipinski definition) is 0. The summed E-state index contributed by atoms with van der Waals surface area (Å²) in [5.41, 5.74) is 9.19. The Bertz CT molecular complexity index is 1420. The minimum atomic E-state index is -0.286. The van der Waals surface area contributed by atoms with Crippen LogP contribution in [-0.4, -0.2) is 70.6 Å². The molecule has 0 amide bonds. The zero-order valence-electron chi connectivity index (χ0n) is 22.4. The molecule has 1 aromatic heterocycles. The average Bonchev–Trinajstić information content (AvgIpc) is 3.47. The van der Waals surface area contributed by atoms with E-state index in [1.807, 2.05) is 12.1 Å². The van der Waals surface area contributed by atoms with E-state index in [1.165, 1.54) is 47.2 Å². The van der Waals surface area contributed by atoms with E-state index in [9.17, 15) is 4.79 Å². The largest absolute Gasteiger partial charge is 0.465 e. The molecule has 38 heavy (non-hydrogen) atoms. The molecule has 1 fully saturated rings. The number of thiazole rings is 1. The predicted octanol–water partition coefficient (Wildman–Crippen LogP) is 4.28. The molecule has 9 heteroatoms. The third-order valence-electron chi connectivity index (χ3n) is 7.99. The molecule has 0 saturated carbocycles. The number of carbonyl (C=O) groups excluding carboxylic acids is 1. The van der Waals surface area contributed by atoms with Gasteiger partial charge in [0.2, 0.25) is 0 Å². The van der Waals surface area contributed by atoms with Gasteiger partial charge in [-0.25, -0.2) is 14.8 Å². The maximum absolute atomic E-state index is 11.9. The van der Waals surface area contributed by atoms with Gasteiger partial charge in [0.05, 0.1) is 18.4 Å². The number of methoxy groups -OCH3 is 1. The number of nitrogens with zero attached hydrogens (tertiary/aromatic N) is 6. The van der Waals surface area contributed by atoms with Crippen LogP contribution < -0.4 is 5.01 Å². The van der Waals surface area contributed by atoms with E-state index in [2.05, 4.69) is 34.6 Å². The molecule has 2 aromatic rings. The zero-order chi connectivity index (χ0) is 26.2. The van der Waals surface area contributed by atoms with E-state index >= 15 is 0 Å². The number of fused-ring (bicyclic) bond motifs is 3. The van der Waals surface area contributed by atoms with Crippen LogP contribution in [0.3, 0.4) is 0 Å². The lowest BCUT2D eigenvalue weighted by atomic mass is 9.93. The highest BCUT2D eigenvalue weighted by atomic mass is 32.1. The first-order valence-corrected chi connectivity index (χ1v) is 14.3. The van der Waals surface area contributed by atoms with Gasteiger partial charge in [0, 0.05) is 43.2 Å². The summed E-state index contributed by atoms with van der Waals surface area (Å²) in [5, 5.41) is 8.24. The molecule has 4 aliphatic rings. The van der Waals surface area contributed by atoms with Crippen molar-refractivity contribution in [3.8, 4) is 22.0 Å². The maximum Gasteiger partial charge on any atom is 0.337 e. The Balaban J connectivity index is 1.20. The fourth-order valence-electron chi connectivity index (χ4n) is 5.81. The summed E-state index contributed by atoms with van der Waals surface area (Å²) in [7, 11) is 1.42. The van der Waals surface area contributed by atoms with Crippen LogP contribution in [0.25, 0.3) is 22.0 Å². The van der Waals surface area contributed by atoms with Crippen molar-refractivity contribution >= 4 is 17.3 Å². The number of aromatic nitrogens is 4. The second-order valence-electron chi connectivity index (χ2n) is 10.3. The van der Waals surface area contributed by atoms with E-state index < -0.39 is 0 Å². The van der Waals surface area contributed by atoms with E-state index in [-0.39, 0.29) is 5.97 Å². The molecule has 0 N–H and O–H groups in total. The summed E-state index contributed by atoms with van der Waals surface area (Å²) in [6.07, 6.45) is 7.21. The number of hydrogen-bond acceptors (Lipinski definition) is 8. The molecule has 1 aromatic carbocycles. The van der Waals surface area contributed by atoms with Crippen molar-refractivity contribution < 1.29 is 9.53 Å². The van der Waals surface area contributed by atoms with Crippen molar-refractivity contribution in [3.63, 3.8) is 0 Å². The molecule has 0 atom stereocenters. The Morgan fingerprint density at radius 3 is 2.61 bits per heavy atom. The molecule has 0 radical (unpaired) electrons. The van der Waals surface area contributed by atoms with E-state index in [0.717, 1.165) is 73.9 Å². The average molecular weight is 531 g/mol. The first-order chi connectivity index (χ1) is 18.5. The van der Waals surface area contributed by atoms with Gasteiger partial charge in [0.25, 0.3) is 0 Å². The monoisotopic (exact) mass is 530 g/mol. The van der Waals surface area contributed by atoms with Crippen LogP contribution in [0.15, 0.2) is 30.6 Å². The summed E-state index contributed by atoms with van der Waals surface area (Å²) in [6, 6.07) is 7.76. The smallest absolute Gasteiger partial charge is 0.337 e. The zero-order valence-corrected chi connectivity index (χ0v) is 23.2. The van der Waals surface area contributed by atoms with E-state index in [0.29, 0.717) is 5.56 Å². The third-order valence-corrected chi connectivity index (χ3v) is 9.08. The van der Waals surface area contributed by atoms with Crippen LogP contribution in [0.1, 0.15) is 50.5 Å². The molecule has 0 spiro atoms. The van der Waals surface area contributed by atoms with Gasteiger partial charge in [-0.2, -0.15) is 4.79 Å². The predicted molar refractivity (Wildman–Crippen MR) is 150 cm³/mol. The number of esters is 1. The maximum atomic E-state index is 11.9. The number of piperazine rings is 1. The summed E-state index contributed by atoms with van der Waals surface area (Å²) < 4.78 is 4.87. The van der Waals surface area contributed by atoms with Crippen molar-refractivity contribution in [1.82, 2.24) is 24.8 Å². The quantitative estimate of drug-likeness (QED) is 0.344. The molecule has 3 heterocycles. The lowest BCUT2D eigenvalue weighted by Crippen LogP contribution is -2.52. The summed E-state index contributed by atoms with van der Waals surface area (Å²) >= 11 is 1.78. The van der Waals surface area contributed by atoms with Crippen molar-refractivity contribution in [3.05, 3.63) is 63.4 Å². The van der Waals surface area contributed by atoms with Gasteiger partial charge in [-0.05, 0) is 74.8 Å². The van der Waals surface area contributed by atoms with E-state index in [4.69, 9.17) is 19.8 Å². The molecule has 0 unspecified atom stereocenters. The number of aryl methyl sites for hydroxylation is 2. The molecule has 2 aliphatic heterocycles. The summed E-state index contributed by atoms with van der Waals surface area (Å²) in [4.78, 5) is 27.5. The highest BCUT2D eigenvalue weighted by Gasteiger charge is 2.33. The minimum Gasteiger partial charge on any atom is -0.465 e. The second-order valence-corrected chi connectivity index (χ2v) is 11.5. The number of carbonyl (C=O) groups is 1. The van der Waals surface area contributed by atoms with Crippen molar-refractivity contribution in [2.75, 3.05) is 44.8 Å². The SMILES string of the molecule is COC(=O)c1cccc(CCN2CCN(n3ncnc4c(-c5nc(C)c(C)s5)c5c(c3-4)CCCC5)CC2)c1. The summed E-state index contributed by atoms with van der Waals surface area (Å²) in [6.45, 7) is 8.95. The van der Waals surface area contributed by atoms with Crippen molar-refractivity contribution in [2.45, 2.75) is 46.0 Å². The molecular weight excluding hydrogens is 496 g/mol. The van der Waals surface area contributed by atoms with Crippen LogP contribution >= 0.6 is 11.3 Å². The van der Waals surface area contributed by atoms with Gasteiger partial charge in [0.15, 0.2) is 0 Å². The number of rotatable bonds is 6. The molecule has 2 aliphatic carbocycles. The normalized spacial score (nSPS) is 16.1. The lowest BCUT2D eigenvalue weighted by molar-refractivity contribution is 0.0600. The van der Waals surface area contributed by atoms with Crippen LogP contribution in [0.2, 0.25) is 0 Å².